The number of aliphatic carboxylic acids is 1. The van der Waals surface area contributed by atoms with Crippen molar-refractivity contribution in [1.82, 2.24) is 5.32 Å². The molecular weight excluding hydrogens is 270 g/mol. The second-order valence-electron chi connectivity index (χ2n) is 6.63. The van der Waals surface area contributed by atoms with E-state index in [9.17, 15) is 9.90 Å². The van der Waals surface area contributed by atoms with E-state index in [1.165, 1.54) is 0 Å². The molecule has 0 radical (unpaired) electrons. The van der Waals surface area contributed by atoms with Gasteiger partial charge in [0, 0.05) is 6.61 Å². The number of hydrogen-bond donors (Lipinski definition) is 2. The Bertz CT molecular complexity index is 352. The average molecular weight is 299 g/mol. The number of carbonyl (C=O) groups is 1. The Labute approximate surface area is 127 Å². The zero-order valence-electron chi connectivity index (χ0n) is 13.4. The van der Waals surface area contributed by atoms with Gasteiger partial charge < -0.3 is 19.9 Å². The molecule has 2 rings (SSSR count). The Kier molecular flexibility index (Phi) is 5.63. The van der Waals surface area contributed by atoms with Crippen molar-refractivity contribution in [1.29, 1.82) is 0 Å². The van der Waals surface area contributed by atoms with E-state index < -0.39 is 11.5 Å². The molecule has 0 spiro atoms. The lowest BCUT2D eigenvalue weighted by molar-refractivity contribution is -0.147. The van der Waals surface area contributed by atoms with Crippen LogP contribution in [0.5, 0.6) is 0 Å². The number of carboxylic acids is 1. The van der Waals surface area contributed by atoms with Gasteiger partial charge in [0.1, 0.15) is 5.54 Å². The number of hydrogen-bond acceptors (Lipinski definition) is 4. The normalized spacial score (nSPS) is 40.3. The molecule has 0 aromatic rings. The molecule has 122 valence electrons. The summed E-state index contributed by atoms with van der Waals surface area (Å²) >= 11 is 0. The molecule has 1 saturated carbocycles. The second kappa shape index (κ2) is 7.07. The Morgan fingerprint density at radius 1 is 1.38 bits per heavy atom. The highest BCUT2D eigenvalue weighted by Gasteiger charge is 2.47. The van der Waals surface area contributed by atoms with Gasteiger partial charge in [0.2, 0.25) is 0 Å². The van der Waals surface area contributed by atoms with Crippen LogP contribution in [-0.4, -0.2) is 48.6 Å². The molecule has 21 heavy (non-hydrogen) atoms. The minimum Gasteiger partial charge on any atom is -0.480 e. The van der Waals surface area contributed by atoms with Gasteiger partial charge in [-0.1, -0.05) is 6.42 Å². The summed E-state index contributed by atoms with van der Waals surface area (Å²) in [5.74, 6) is -0.560. The summed E-state index contributed by atoms with van der Waals surface area (Å²) < 4.78 is 11.7. The molecule has 1 saturated heterocycles. The smallest absolute Gasteiger partial charge is 0.324 e. The zero-order chi connectivity index (χ0) is 15.5. The first-order valence-corrected chi connectivity index (χ1v) is 8.17. The second-order valence-corrected chi connectivity index (χ2v) is 6.63. The summed E-state index contributed by atoms with van der Waals surface area (Å²) in [6.07, 6.45) is 6.10. The third-order valence-electron chi connectivity index (χ3n) is 5.12. The lowest BCUT2D eigenvalue weighted by atomic mass is 9.85. The molecule has 0 bridgehead atoms. The Balaban J connectivity index is 1.81. The van der Waals surface area contributed by atoms with Crippen LogP contribution in [0.1, 0.15) is 52.4 Å². The first kappa shape index (κ1) is 16.7. The lowest BCUT2D eigenvalue weighted by Gasteiger charge is -2.34. The van der Waals surface area contributed by atoms with Crippen LogP contribution in [0.4, 0.5) is 0 Å². The summed E-state index contributed by atoms with van der Waals surface area (Å²) in [6, 6.07) is 0. The molecule has 4 unspecified atom stereocenters. The van der Waals surface area contributed by atoms with Crippen molar-refractivity contribution < 1.29 is 19.4 Å². The minimum absolute atomic E-state index is 0.162. The first-order chi connectivity index (χ1) is 9.98. The van der Waals surface area contributed by atoms with Gasteiger partial charge in [-0.2, -0.15) is 0 Å². The van der Waals surface area contributed by atoms with E-state index in [0.29, 0.717) is 6.61 Å². The number of ether oxygens (including phenoxy) is 2. The van der Waals surface area contributed by atoms with Crippen molar-refractivity contribution in [3.8, 4) is 0 Å². The van der Waals surface area contributed by atoms with Crippen LogP contribution < -0.4 is 5.32 Å². The van der Waals surface area contributed by atoms with E-state index in [1.54, 1.807) is 7.05 Å². The number of likely N-dealkylation sites (N-methyl/N-ethyl adjacent to an activating group) is 1. The van der Waals surface area contributed by atoms with Crippen molar-refractivity contribution in [2.24, 2.45) is 5.92 Å². The summed E-state index contributed by atoms with van der Waals surface area (Å²) in [5, 5.41) is 12.6. The molecule has 5 heteroatoms. The lowest BCUT2D eigenvalue weighted by Crippen LogP contribution is -2.53. The van der Waals surface area contributed by atoms with Gasteiger partial charge in [-0.25, -0.2) is 0 Å². The Morgan fingerprint density at radius 2 is 2.05 bits per heavy atom. The van der Waals surface area contributed by atoms with E-state index in [-0.39, 0.29) is 24.2 Å². The summed E-state index contributed by atoms with van der Waals surface area (Å²) in [6.45, 7) is 4.81. The van der Waals surface area contributed by atoms with E-state index in [1.807, 2.05) is 0 Å². The summed E-state index contributed by atoms with van der Waals surface area (Å²) in [4.78, 5) is 11.6. The van der Waals surface area contributed by atoms with Crippen LogP contribution in [0.2, 0.25) is 0 Å². The maximum atomic E-state index is 11.6. The molecule has 2 N–H and O–H groups in total. The fourth-order valence-electron chi connectivity index (χ4n) is 4.04. The van der Waals surface area contributed by atoms with Crippen LogP contribution in [0, 0.1) is 5.92 Å². The maximum absolute atomic E-state index is 11.6. The fourth-order valence-corrected chi connectivity index (χ4v) is 4.04. The number of rotatable bonds is 6. The predicted molar refractivity (Wildman–Crippen MR) is 80.4 cm³/mol. The molecule has 1 heterocycles. The maximum Gasteiger partial charge on any atom is 0.324 e. The molecule has 1 aliphatic carbocycles. The van der Waals surface area contributed by atoms with E-state index in [0.717, 1.165) is 38.5 Å². The molecule has 0 aromatic carbocycles. The Morgan fingerprint density at radius 3 is 2.62 bits per heavy atom. The standard InChI is InChI=1S/C16H29NO4/c1-11-9-14(10-12(2)21-11)20-8-6-13-5-4-7-16(13,17-3)15(18)19/h11-14,17H,4-10H2,1-3H3,(H,18,19). The highest BCUT2D eigenvalue weighted by atomic mass is 16.5. The van der Waals surface area contributed by atoms with Gasteiger partial charge >= 0.3 is 5.97 Å². The minimum atomic E-state index is -0.750. The molecule has 0 amide bonds. The van der Waals surface area contributed by atoms with Crippen molar-refractivity contribution in [3.63, 3.8) is 0 Å². The first-order valence-electron chi connectivity index (χ1n) is 8.17. The molecule has 2 aliphatic rings. The summed E-state index contributed by atoms with van der Waals surface area (Å²) in [5.41, 5.74) is -0.750. The Hall–Kier alpha value is -0.650. The van der Waals surface area contributed by atoms with Gasteiger partial charge in [0.05, 0.1) is 18.3 Å². The molecular formula is C16H29NO4. The SMILES string of the molecule is CNC1(C(=O)O)CCCC1CCOC1CC(C)OC(C)C1. The highest BCUT2D eigenvalue weighted by molar-refractivity contribution is 5.79. The van der Waals surface area contributed by atoms with Gasteiger partial charge in [0.25, 0.3) is 0 Å². The zero-order valence-corrected chi connectivity index (χ0v) is 13.4. The van der Waals surface area contributed by atoms with E-state index in [2.05, 4.69) is 19.2 Å². The predicted octanol–water partition coefficient (Wildman–Crippen LogP) is 2.19. The van der Waals surface area contributed by atoms with Gasteiger partial charge in [-0.15, -0.1) is 0 Å². The third kappa shape index (κ3) is 3.76. The van der Waals surface area contributed by atoms with Crippen LogP contribution >= 0.6 is 0 Å². The van der Waals surface area contributed by atoms with Crippen LogP contribution in [0.15, 0.2) is 0 Å². The third-order valence-corrected chi connectivity index (χ3v) is 5.12. The van der Waals surface area contributed by atoms with Gasteiger partial charge in [-0.05, 0) is 58.9 Å². The topological polar surface area (TPSA) is 67.8 Å². The van der Waals surface area contributed by atoms with Crippen molar-refractivity contribution in [3.05, 3.63) is 0 Å². The largest absolute Gasteiger partial charge is 0.480 e. The quantitative estimate of drug-likeness (QED) is 0.787. The van der Waals surface area contributed by atoms with Crippen molar-refractivity contribution in [2.75, 3.05) is 13.7 Å². The molecule has 5 nitrogen and oxygen atoms in total. The van der Waals surface area contributed by atoms with E-state index in [4.69, 9.17) is 9.47 Å². The molecule has 1 aliphatic heterocycles. The molecule has 4 atom stereocenters. The molecule has 2 fully saturated rings. The van der Waals surface area contributed by atoms with Crippen molar-refractivity contribution >= 4 is 5.97 Å². The van der Waals surface area contributed by atoms with Crippen molar-refractivity contribution in [2.45, 2.75) is 76.2 Å². The monoisotopic (exact) mass is 299 g/mol. The van der Waals surface area contributed by atoms with Crippen LogP contribution in [0.25, 0.3) is 0 Å². The van der Waals surface area contributed by atoms with Crippen LogP contribution in [-0.2, 0) is 14.3 Å². The van der Waals surface area contributed by atoms with E-state index >= 15 is 0 Å². The van der Waals surface area contributed by atoms with Gasteiger partial charge in [0.15, 0.2) is 0 Å². The van der Waals surface area contributed by atoms with Gasteiger partial charge in [-0.3, -0.25) is 4.79 Å². The molecule has 0 aromatic heterocycles. The summed E-state index contributed by atoms with van der Waals surface area (Å²) in [7, 11) is 1.76. The average Bonchev–Trinajstić information content (AvgIpc) is 2.82. The number of carboxylic acid groups (broad SMARTS) is 1. The fraction of sp³-hybridized carbons (Fsp3) is 0.938. The van der Waals surface area contributed by atoms with Crippen LogP contribution in [0.3, 0.4) is 0 Å². The highest BCUT2D eigenvalue weighted by Crippen LogP contribution is 2.38. The number of nitrogens with one attached hydrogen (secondary N) is 1.